The maximum atomic E-state index is 12.4. The van der Waals surface area contributed by atoms with E-state index >= 15 is 0 Å². The van der Waals surface area contributed by atoms with Gasteiger partial charge < -0.3 is 24.6 Å². The average molecular weight is 425 g/mol. The smallest absolute Gasteiger partial charge is 0.321 e. The van der Waals surface area contributed by atoms with Crippen molar-refractivity contribution in [2.75, 3.05) is 44.7 Å². The van der Waals surface area contributed by atoms with Crippen LogP contribution in [0.2, 0.25) is 0 Å². The lowest BCUT2D eigenvalue weighted by Gasteiger charge is -2.39. The molecule has 0 bridgehead atoms. The third-order valence-corrected chi connectivity index (χ3v) is 5.66. The molecule has 0 spiro atoms. The molecule has 3 heterocycles. The van der Waals surface area contributed by atoms with Crippen LogP contribution in [-0.4, -0.2) is 72.2 Å². The topological polar surface area (TPSA) is 84.0 Å². The number of carbonyl (C=O) groups excluding carboxylic acids is 2. The molecule has 1 aromatic carbocycles. The maximum absolute atomic E-state index is 12.4. The van der Waals surface area contributed by atoms with Crippen molar-refractivity contribution >= 4 is 17.6 Å². The van der Waals surface area contributed by atoms with Gasteiger partial charge in [-0.15, -0.1) is 0 Å². The Hall–Kier alpha value is -3.13. The summed E-state index contributed by atoms with van der Waals surface area (Å²) in [5.41, 5.74) is 1.89. The molecule has 31 heavy (non-hydrogen) atoms. The Bertz CT molecular complexity index is 884. The number of hydrogen-bond donors (Lipinski definition) is 1. The van der Waals surface area contributed by atoms with Gasteiger partial charge in [0.1, 0.15) is 18.5 Å². The first-order chi connectivity index (χ1) is 15.1. The molecule has 2 aliphatic heterocycles. The van der Waals surface area contributed by atoms with Crippen molar-refractivity contribution in [1.29, 1.82) is 0 Å². The Kier molecular flexibility index (Phi) is 6.66. The Morgan fingerprint density at radius 3 is 2.65 bits per heavy atom. The minimum Gasteiger partial charge on any atom is -0.489 e. The summed E-state index contributed by atoms with van der Waals surface area (Å²) in [6, 6.07) is 11.2. The second-order valence-electron chi connectivity index (χ2n) is 7.85. The molecule has 1 atom stereocenters. The number of ether oxygens (including phenoxy) is 2. The van der Waals surface area contributed by atoms with E-state index < -0.39 is 0 Å². The molecule has 0 saturated carbocycles. The number of rotatable bonds is 7. The minimum absolute atomic E-state index is 0.00257. The van der Waals surface area contributed by atoms with Crippen LogP contribution < -0.4 is 10.1 Å². The van der Waals surface area contributed by atoms with Crippen LogP contribution in [0.25, 0.3) is 0 Å². The van der Waals surface area contributed by atoms with Crippen LogP contribution >= 0.6 is 0 Å². The molecule has 2 fully saturated rings. The molecule has 2 aliphatic rings. The van der Waals surface area contributed by atoms with Gasteiger partial charge >= 0.3 is 6.03 Å². The molecule has 8 nitrogen and oxygen atoms in total. The Morgan fingerprint density at radius 2 is 1.94 bits per heavy atom. The van der Waals surface area contributed by atoms with Gasteiger partial charge in [-0.05, 0) is 42.8 Å². The van der Waals surface area contributed by atoms with Gasteiger partial charge in [-0.3, -0.25) is 9.78 Å². The van der Waals surface area contributed by atoms with E-state index in [1.54, 1.807) is 16.0 Å². The van der Waals surface area contributed by atoms with E-state index in [0.29, 0.717) is 38.7 Å². The summed E-state index contributed by atoms with van der Waals surface area (Å²) in [6.07, 6.45) is 4.38. The molecule has 0 aliphatic carbocycles. The third kappa shape index (κ3) is 5.32. The molecule has 0 radical (unpaired) electrons. The fraction of sp³-hybridized carbons (Fsp3) is 0.435. The van der Waals surface area contributed by atoms with Crippen LogP contribution in [0.15, 0.2) is 48.8 Å². The van der Waals surface area contributed by atoms with Crippen molar-refractivity contribution in [3.63, 3.8) is 0 Å². The highest BCUT2D eigenvalue weighted by molar-refractivity contribution is 5.90. The first kappa shape index (κ1) is 21.1. The largest absolute Gasteiger partial charge is 0.489 e. The Morgan fingerprint density at radius 1 is 1.13 bits per heavy atom. The van der Waals surface area contributed by atoms with E-state index in [0.717, 1.165) is 23.4 Å². The number of hydrogen-bond acceptors (Lipinski definition) is 5. The molecular weight excluding hydrogens is 396 g/mol. The van der Waals surface area contributed by atoms with Gasteiger partial charge in [-0.2, -0.15) is 0 Å². The predicted molar refractivity (Wildman–Crippen MR) is 116 cm³/mol. The average Bonchev–Trinajstić information content (AvgIpc) is 3.22. The number of urea groups is 1. The van der Waals surface area contributed by atoms with E-state index in [4.69, 9.17) is 9.47 Å². The summed E-state index contributed by atoms with van der Waals surface area (Å²) >= 11 is 0. The second kappa shape index (κ2) is 9.78. The summed E-state index contributed by atoms with van der Waals surface area (Å²) in [6.45, 7) is 5.16. The van der Waals surface area contributed by atoms with Gasteiger partial charge in [0.25, 0.3) is 0 Å². The molecule has 3 amide bonds. The molecule has 2 aromatic rings. The highest BCUT2D eigenvalue weighted by Crippen LogP contribution is 2.27. The zero-order chi connectivity index (χ0) is 21.6. The molecule has 8 heteroatoms. The van der Waals surface area contributed by atoms with E-state index in [1.807, 2.05) is 49.5 Å². The van der Waals surface area contributed by atoms with Crippen LogP contribution in [0.1, 0.15) is 24.8 Å². The van der Waals surface area contributed by atoms with E-state index in [-0.39, 0.29) is 24.6 Å². The zero-order valence-electron chi connectivity index (χ0n) is 17.7. The molecule has 4 rings (SSSR count). The molecular formula is C23H28N4O4. The van der Waals surface area contributed by atoms with Crippen molar-refractivity contribution in [3.05, 3.63) is 54.4 Å². The van der Waals surface area contributed by atoms with Crippen molar-refractivity contribution in [1.82, 2.24) is 14.8 Å². The van der Waals surface area contributed by atoms with Gasteiger partial charge in [-0.1, -0.05) is 6.07 Å². The van der Waals surface area contributed by atoms with Crippen molar-refractivity contribution in [2.24, 2.45) is 0 Å². The van der Waals surface area contributed by atoms with Crippen LogP contribution in [-0.2, 0) is 9.53 Å². The lowest BCUT2D eigenvalue weighted by Crippen LogP contribution is -2.50. The number of pyridine rings is 1. The van der Waals surface area contributed by atoms with E-state index in [1.165, 1.54) is 0 Å². The standard InChI is InChI=1S/C23H28N4O4/c1-2-30-16-22(28)26-11-9-21(15-26)31-20-7-5-19(6-8-20)25-23(29)27-13-18(14-27)17-4-3-10-24-12-17/h3-8,10,12,18,21H,2,9,11,13-16H2,1H3,(H,25,29). The van der Waals surface area contributed by atoms with Crippen LogP contribution in [0.5, 0.6) is 5.75 Å². The number of nitrogens with zero attached hydrogens (tertiary/aromatic N) is 3. The number of aromatic nitrogens is 1. The van der Waals surface area contributed by atoms with Crippen LogP contribution in [0.3, 0.4) is 0 Å². The number of carbonyl (C=O) groups is 2. The van der Waals surface area contributed by atoms with E-state index in [2.05, 4.69) is 10.3 Å². The van der Waals surface area contributed by atoms with Gasteiger partial charge in [0.15, 0.2) is 0 Å². The second-order valence-corrected chi connectivity index (χ2v) is 7.85. The molecule has 1 N–H and O–H groups in total. The van der Waals surface area contributed by atoms with Crippen molar-refractivity contribution in [2.45, 2.75) is 25.4 Å². The zero-order valence-corrected chi connectivity index (χ0v) is 17.7. The first-order valence-corrected chi connectivity index (χ1v) is 10.7. The van der Waals surface area contributed by atoms with E-state index in [9.17, 15) is 9.59 Å². The number of likely N-dealkylation sites (tertiary alicyclic amines) is 2. The highest BCUT2D eigenvalue weighted by Gasteiger charge is 2.32. The molecule has 2 saturated heterocycles. The summed E-state index contributed by atoms with van der Waals surface area (Å²) in [5, 5.41) is 2.93. The SMILES string of the molecule is CCOCC(=O)N1CCC(Oc2ccc(NC(=O)N3CC(c4cccnc4)C3)cc2)C1. The monoisotopic (exact) mass is 424 g/mol. The lowest BCUT2D eigenvalue weighted by molar-refractivity contribution is -0.135. The molecule has 1 aromatic heterocycles. The van der Waals surface area contributed by atoms with Gasteiger partial charge in [0.2, 0.25) is 5.91 Å². The Labute approximate surface area is 182 Å². The molecule has 1 unspecified atom stereocenters. The minimum atomic E-state index is -0.104. The number of nitrogens with one attached hydrogen (secondary N) is 1. The molecule has 164 valence electrons. The van der Waals surface area contributed by atoms with Crippen molar-refractivity contribution in [3.8, 4) is 5.75 Å². The fourth-order valence-electron chi connectivity index (χ4n) is 3.82. The number of amides is 3. The number of anilines is 1. The predicted octanol–water partition coefficient (Wildman–Crippen LogP) is 2.73. The maximum Gasteiger partial charge on any atom is 0.321 e. The quantitative estimate of drug-likeness (QED) is 0.739. The Balaban J connectivity index is 1.21. The summed E-state index contributed by atoms with van der Waals surface area (Å²) in [7, 11) is 0. The summed E-state index contributed by atoms with van der Waals surface area (Å²) in [5.74, 6) is 1.08. The third-order valence-electron chi connectivity index (χ3n) is 5.66. The summed E-state index contributed by atoms with van der Waals surface area (Å²) < 4.78 is 11.2. The van der Waals surface area contributed by atoms with Crippen molar-refractivity contribution < 1.29 is 19.1 Å². The van der Waals surface area contributed by atoms with Gasteiger partial charge in [0.05, 0.1) is 6.54 Å². The lowest BCUT2D eigenvalue weighted by atomic mass is 9.93. The summed E-state index contributed by atoms with van der Waals surface area (Å²) in [4.78, 5) is 32.2. The first-order valence-electron chi connectivity index (χ1n) is 10.7. The van der Waals surface area contributed by atoms with Gasteiger partial charge in [-0.25, -0.2) is 4.79 Å². The van der Waals surface area contributed by atoms with Gasteiger partial charge in [0, 0.05) is 56.7 Å². The van der Waals surface area contributed by atoms with Crippen LogP contribution in [0.4, 0.5) is 10.5 Å². The fourth-order valence-corrected chi connectivity index (χ4v) is 3.82. The van der Waals surface area contributed by atoms with Crippen LogP contribution in [0, 0.1) is 0 Å². The highest BCUT2D eigenvalue weighted by atomic mass is 16.5. The number of benzene rings is 1. The normalized spacial score (nSPS) is 18.5.